The number of aliphatic hydroxyl groups is 1. The van der Waals surface area contributed by atoms with Gasteiger partial charge in [0.05, 0.1) is 6.61 Å². The molecule has 3 nitrogen and oxygen atoms in total. The van der Waals surface area contributed by atoms with Crippen molar-refractivity contribution >= 4 is 17.5 Å². The number of benzene rings is 1. The molecule has 1 aromatic carbocycles. The van der Waals surface area contributed by atoms with Gasteiger partial charge in [0, 0.05) is 18.0 Å². The zero-order valence-electron chi connectivity index (χ0n) is 7.66. The van der Waals surface area contributed by atoms with Crippen LogP contribution in [-0.4, -0.2) is 17.6 Å². The average Bonchev–Trinajstić information content (AvgIpc) is 2.17. The minimum atomic E-state index is -0.151. The van der Waals surface area contributed by atoms with Crippen molar-refractivity contribution in [1.82, 2.24) is 5.32 Å². The highest BCUT2D eigenvalue weighted by Crippen LogP contribution is 2.08. The maximum atomic E-state index is 11.0. The summed E-state index contributed by atoms with van der Waals surface area (Å²) in [6.07, 6.45) is 0.146. The van der Waals surface area contributed by atoms with Crippen LogP contribution in [0.15, 0.2) is 24.3 Å². The summed E-state index contributed by atoms with van der Waals surface area (Å²) in [5.41, 5.74) is 0.987. The third kappa shape index (κ3) is 3.77. The first-order valence-electron chi connectivity index (χ1n) is 4.34. The fraction of sp³-hybridized carbons (Fsp3) is 0.300. The predicted molar refractivity (Wildman–Crippen MR) is 55.0 cm³/mol. The molecule has 1 amide bonds. The molecule has 0 bridgehead atoms. The lowest BCUT2D eigenvalue weighted by molar-refractivity contribution is -0.121. The van der Waals surface area contributed by atoms with E-state index in [4.69, 9.17) is 16.7 Å². The molecule has 76 valence electrons. The standard InChI is InChI=1S/C10H12ClNO2/c11-9-3-1-8(2-4-9)7-12-10(14)5-6-13/h1-4,13H,5-7H2,(H,12,14). The summed E-state index contributed by atoms with van der Waals surface area (Å²) in [5, 5.41) is 11.8. The molecule has 0 spiro atoms. The van der Waals surface area contributed by atoms with Crippen molar-refractivity contribution in [2.45, 2.75) is 13.0 Å². The second-order valence-electron chi connectivity index (χ2n) is 2.88. The Balaban J connectivity index is 2.38. The fourth-order valence-corrected chi connectivity index (χ4v) is 1.12. The lowest BCUT2D eigenvalue weighted by Crippen LogP contribution is -2.23. The van der Waals surface area contributed by atoms with E-state index in [2.05, 4.69) is 5.32 Å². The first-order valence-corrected chi connectivity index (χ1v) is 4.72. The Morgan fingerprint density at radius 1 is 1.36 bits per heavy atom. The van der Waals surface area contributed by atoms with Crippen molar-refractivity contribution in [3.05, 3.63) is 34.9 Å². The van der Waals surface area contributed by atoms with E-state index in [9.17, 15) is 4.79 Å². The van der Waals surface area contributed by atoms with Gasteiger partial charge in [-0.25, -0.2) is 0 Å². The summed E-state index contributed by atoms with van der Waals surface area (Å²) in [7, 11) is 0. The normalized spacial score (nSPS) is 9.86. The number of halogens is 1. The van der Waals surface area contributed by atoms with Gasteiger partial charge in [0.1, 0.15) is 0 Å². The third-order valence-electron chi connectivity index (χ3n) is 1.74. The summed E-state index contributed by atoms with van der Waals surface area (Å²) < 4.78 is 0. The molecule has 0 saturated heterocycles. The highest BCUT2D eigenvalue weighted by molar-refractivity contribution is 6.30. The van der Waals surface area contributed by atoms with Crippen LogP contribution in [0, 0.1) is 0 Å². The van der Waals surface area contributed by atoms with Gasteiger partial charge in [-0.15, -0.1) is 0 Å². The van der Waals surface area contributed by atoms with Gasteiger partial charge in [0.2, 0.25) is 5.91 Å². The summed E-state index contributed by atoms with van der Waals surface area (Å²) in [6, 6.07) is 7.24. The van der Waals surface area contributed by atoms with Crippen LogP contribution in [0.3, 0.4) is 0 Å². The molecular formula is C10H12ClNO2. The number of nitrogens with one attached hydrogen (secondary N) is 1. The quantitative estimate of drug-likeness (QED) is 0.793. The Labute approximate surface area is 87.7 Å². The largest absolute Gasteiger partial charge is 0.396 e. The maximum absolute atomic E-state index is 11.0. The van der Waals surface area contributed by atoms with Crippen molar-refractivity contribution in [2.24, 2.45) is 0 Å². The lowest BCUT2D eigenvalue weighted by atomic mass is 10.2. The molecule has 0 atom stereocenters. The van der Waals surface area contributed by atoms with Crippen LogP contribution in [-0.2, 0) is 11.3 Å². The number of rotatable bonds is 4. The minimum Gasteiger partial charge on any atom is -0.396 e. The van der Waals surface area contributed by atoms with E-state index in [0.29, 0.717) is 11.6 Å². The monoisotopic (exact) mass is 213 g/mol. The zero-order valence-corrected chi connectivity index (χ0v) is 8.42. The Bertz CT molecular complexity index is 297. The number of carbonyl (C=O) groups is 1. The van der Waals surface area contributed by atoms with Crippen LogP contribution >= 0.6 is 11.6 Å². The molecule has 0 radical (unpaired) electrons. The molecular weight excluding hydrogens is 202 g/mol. The number of amides is 1. The van der Waals surface area contributed by atoms with Gasteiger partial charge in [0.25, 0.3) is 0 Å². The molecule has 0 heterocycles. The van der Waals surface area contributed by atoms with Gasteiger partial charge < -0.3 is 10.4 Å². The molecule has 0 aliphatic carbocycles. The molecule has 1 rings (SSSR count). The Kier molecular flexibility index (Phi) is 4.43. The first-order chi connectivity index (χ1) is 6.72. The van der Waals surface area contributed by atoms with Crippen molar-refractivity contribution in [3.8, 4) is 0 Å². The number of aliphatic hydroxyl groups excluding tert-OH is 1. The van der Waals surface area contributed by atoms with Gasteiger partial charge in [-0.2, -0.15) is 0 Å². The van der Waals surface area contributed by atoms with Gasteiger partial charge in [-0.3, -0.25) is 4.79 Å². The van der Waals surface area contributed by atoms with Crippen LogP contribution in [0.5, 0.6) is 0 Å². The Morgan fingerprint density at radius 2 is 2.00 bits per heavy atom. The van der Waals surface area contributed by atoms with Crippen molar-refractivity contribution in [1.29, 1.82) is 0 Å². The summed E-state index contributed by atoms with van der Waals surface area (Å²) in [5.74, 6) is -0.151. The van der Waals surface area contributed by atoms with E-state index in [1.807, 2.05) is 12.1 Å². The van der Waals surface area contributed by atoms with Crippen LogP contribution in [0.25, 0.3) is 0 Å². The van der Waals surface area contributed by atoms with E-state index in [0.717, 1.165) is 5.56 Å². The molecule has 1 aromatic rings. The fourth-order valence-electron chi connectivity index (χ4n) is 0.993. The van der Waals surface area contributed by atoms with E-state index in [1.54, 1.807) is 12.1 Å². The van der Waals surface area contributed by atoms with E-state index in [-0.39, 0.29) is 18.9 Å². The average molecular weight is 214 g/mol. The summed E-state index contributed by atoms with van der Waals surface area (Å²) in [4.78, 5) is 11.0. The van der Waals surface area contributed by atoms with Crippen molar-refractivity contribution in [3.63, 3.8) is 0 Å². The molecule has 0 saturated carbocycles. The van der Waals surface area contributed by atoms with Gasteiger partial charge >= 0.3 is 0 Å². The number of hydrogen-bond donors (Lipinski definition) is 2. The first kappa shape index (κ1) is 11.0. The molecule has 2 N–H and O–H groups in total. The lowest BCUT2D eigenvalue weighted by Gasteiger charge is -2.03. The van der Waals surface area contributed by atoms with E-state index < -0.39 is 0 Å². The number of carbonyl (C=O) groups excluding carboxylic acids is 1. The maximum Gasteiger partial charge on any atom is 0.222 e. The molecule has 0 unspecified atom stereocenters. The van der Waals surface area contributed by atoms with Crippen molar-refractivity contribution in [2.75, 3.05) is 6.61 Å². The highest BCUT2D eigenvalue weighted by atomic mass is 35.5. The van der Waals surface area contributed by atoms with Crippen LogP contribution in [0.4, 0.5) is 0 Å². The second-order valence-corrected chi connectivity index (χ2v) is 3.31. The smallest absolute Gasteiger partial charge is 0.222 e. The molecule has 0 aliphatic heterocycles. The topological polar surface area (TPSA) is 49.3 Å². The van der Waals surface area contributed by atoms with Gasteiger partial charge in [-0.05, 0) is 17.7 Å². The van der Waals surface area contributed by atoms with E-state index in [1.165, 1.54) is 0 Å². The molecule has 0 aliphatic rings. The van der Waals surface area contributed by atoms with Crippen LogP contribution in [0.1, 0.15) is 12.0 Å². The number of hydrogen-bond acceptors (Lipinski definition) is 2. The zero-order chi connectivity index (χ0) is 10.4. The minimum absolute atomic E-state index is 0.119. The Morgan fingerprint density at radius 3 is 2.57 bits per heavy atom. The molecule has 0 fully saturated rings. The van der Waals surface area contributed by atoms with Gasteiger partial charge in [-0.1, -0.05) is 23.7 Å². The second kappa shape index (κ2) is 5.62. The van der Waals surface area contributed by atoms with E-state index >= 15 is 0 Å². The van der Waals surface area contributed by atoms with Crippen LogP contribution < -0.4 is 5.32 Å². The highest BCUT2D eigenvalue weighted by Gasteiger charge is 1.99. The molecule has 0 aromatic heterocycles. The summed E-state index contributed by atoms with van der Waals surface area (Å²) in [6.45, 7) is 0.350. The van der Waals surface area contributed by atoms with Crippen LogP contribution in [0.2, 0.25) is 5.02 Å². The third-order valence-corrected chi connectivity index (χ3v) is 1.99. The predicted octanol–water partition coefficient (Wildman–Crippen LogP) is 1.34. The molecule has 4 heteroatoms. The summed E-state index contributed by atoms with van der Waals surface area (Å²) >= 11 is 5.70. The SMILES string of the molecule is O=C(CCO)NCc1ccc(Cl)cc1. The Hall–Kier alpha value is -1.06. The van der Waals surface area contributed by atoms with Gasteiger partial charge in [0.15, 0.2) is 0 Å². The van der Waals surface area contributed by atoms with Crippen molar-refractivity contribution < 1.29 is 9.90 Å². The molecule has 14 heavy (non-hydrogen) atoms.